The second-order valence-corrected chi connectivity index (χ2v) is 6.31. The van der Waals surface area contributed by atoms with Crippen molar-refractivity contribution < 1.29 is 4.42 Å². The second kappa shape index (κ2) is 7.68. The molecular weight excluding hydrogens is 388 g/mol. The van der Waals surface area contributed by atoms with Gasteiger partial charge in [-0.15, -0.1) is 17.0 Å². The van der Waals surface area contributed by atoms with Gasteiger partial charge in [0.1, 0.15) is 11.3 Å². The van der Waals surface area contributed by atoms with Gasteiger partial charge < -0.3 is 10.2 Å². The lowest BCUT2D eigenvalue weighted by atomic mass is 10.1. The van der Waals surface area contributed by atoms with E-state index in [1.807, 2.05) is 49.4 Å². The van der Waals surface area contributed by atoms with E-state index in [2.05, 4.69) is 0 Å². The van der Waals surface area contributed by atoms with Gasteiger partial charge in [-0.25, -0.2) is 0 Å². The fraction of sp³-hybridized carbons (Fsp3) is 0.111. The molecule has 0 bridgehead atoms. The molecule has 0 unspecified atom stereocenters. The van der Waals surface area contributed by atoms with Crippen LogP contribution < -0.4 is 11.2 Å². The van der Waals surface area contributed by atoms with Crippen molar-refractivity contribution >= 4 is 44.9 Å². The topological polar surface area (TPSA) is 80.1 Å². The third kappa shape index (κ3) is 3.88. The van der Waals surface area contributed by atoms with Crippen LogP contribution in [0.4, 0.5) is 0 Å². The number of amidine groups is 1. The number of nitrogens with one attached hydrogen (secondary N) is 1. The Kier molecular flexibility index (Phi) is 5.85. The number of nitrogens with two attached hydrogens (primary N) is 1. The van der Waals surface area contributed by atoms with Gasteiger partial charge in [-0.05, 0) is 18.6 Å². The molecule has 0 saturated carbocycles. The predicted octanol–water partition coefficient (Wildman–Crippen LogP) is 4.47. The molecule has 24 heavy (non-hydrogen) atoms. The molecule has 6 heteroatoms. The number of fused-ring (bicyclic) bond motifs is 1. The molecule has 0 spiro atoms. The minimum atomic E-state index is -0.0668. The number of thioether (sulfide) groups is 1. The molecule has 2 aromatic carbocycles. The van der Waals surface area contributed by atoms with Crippen molar-refractivity contribution in [2.24, 2.45) is 5.73 Å². The fourth-order valence-electron chi connectivity index (χ4n) is 2.50. The highest BCUT2D eigenvalue weighted by atomic mass is 79.9. The molecule has 0 radical (unpaired) electrons. The van der Waals surface area contributed by atoms with E-state index in [1.54, 1.807) is 0 Å². The van der Waals surface area contributed by atoms with E-state index < -0.39 is 0 Å². The zero-order valence-electron chi connectivity index (χ0n) is 13.0. The predicted molar refractivity (Wildman–Crippen MR) is 106 cm³/mol. The lowest BCUT2D eigenvalue weighted by molar-refractivity contribution is 0.615. The fourth-order valence-corrected chi connectivity index (χ4v) is 3.02. The van der Waals surface area contributed by atoms with Gasteiger partial charge in [0.2, 0.25) is 0 Å². The molecular formula is C18H17BrN2O2S. The molecule has 3 N–H and O–H groups in total. The van der Waals surface area contributed by atoms with Crippen LogP contribution in [0.1, 0.15) is 11.1 Å². The molecule has 0 aliphatic carbocycles. The van der Waals surface area contributed by atoms with Gasteiger partial charge in [0.15, 0.2) is 10.6 Å². The van der Waals surface area contributed by atoms with E-state index in [9.17, 15) is 4.79 Å². The van der Waals surface area contributed by atoms with E-state index in [0.29, 0.717) is 22.5 Å². The Morgan fingerprint density at radius 1 is 1.21 bits per heavy atom. The monoisotopic (exact) mass is 404 g/mol. The Balaban J connectivity index is 0.00000208. The van der Waals surface area contributed by atoms with E-state index in [1.165, 1.54) is 17.8 Å². The van der Waals surface area contributed by atoms with Gasteiger partial charge >= 0.3 is 0 Å². The molecule has 124 valence electrons. The van der Waals surface area contributed by atoms with Crippen LogP contribution in [0.5, 0.6) is 0 Å². The lowest BCUT2D eigenvalue weighted by Gasteiger charge is -2.09. The summed E-state index contributed by atoms with van der Waals surface area (Å²) in [4.78, 5) is 12.5. The Bertz CT molecular complexity index is 939. The van der Waals surface area contributed by atoms with Crippen molar-refractivity contribution in [3.8, 4) is 11.3 Å². The Morgan fingerprint density at radius 3 is 2.58 bits per heavy atom. The summed E-state index contributed by atoms with van der Waals surface area (Å²) in [6.07, 6.45) is 0. The maximum Gasteiger partial charge on any atom is 0.193 e. The number of halogens is 1. The van der Waals surface area contributed by atoms with Crippen LogP contribution in [0.15, 0.2) is 57.7 Å². The molecule has 1 heterocycles. The molecule has 0 aliphatic rings. The molecule has 1 aromatic heterocycles. The summed E-state index contributed by atoms with van der Waals surface area (Å²) in [5.74, 6) is 1.04. The maximum atomic E-state index is 12.5. The number of hydrogen-bond acceptors (Lipinski definition) is 4. The summed E-state index contributed by atoms with van der Waals surface area (Å²) in [7, 11) is 0. The first-order valence-corrected chi connectivity index (χ1v) is 8.13. The molecule has 0 atom stereocenters. The zero-order chi connectivity index (χ0) is 16.4. The van der Waals surface area contributed by atoms with Gasteiger partial charge in [0, 0.05) is 22.9 Å². The average molecular weight is 405 g/mol. The van der Waals surface area contributed by atoms with Gasteiger partial charge in [-0.1, -0.05) is 48.2 Å². The van der Waals surface area contributed by atoms with E-state index in [-0.39, 0.29) is 27.6 Å². The quantitative estimate of drug-likeness (QED) is 0.498. The summed E-state index contributed by atoms with van der Waals surface area (Å²) < 4.78 is 6.02. The minimum absolute atomic E-state index is 0. The number of benzene rings is 2. The van der Waals surface area contributed by atoms with Gasteiger partial charge in [0.05, 0.1) is 5.39 Å². The van der Waals surface area contributed by atoms with Crippen LogP contribution in [0, 0.1) is 12.3 Å². The van der Waals surface area contributed by atoms with E-state index in [4.69, 9.17) is 15.6 Å². The molecule has 0 saturated heterocycles. The molecule has 3 aromatic rings. The Morgan fingerprint density at radius 2 is 1.92 bits per heavy atom. The Hall–Kier alpha value is -2.05. The van der Waals surface area contributed by atoms with Gasteiger partial charge in [-0.3, -0.25) is 10.2 Å². The van der Waals surface area contributed by atoms with E-state index >= 15 is 0 Å². The highest BCUT2D eigenvalue weighted by Gasteiger charge is 2.12. The maximum absolute atomic E-state index is 12.5. The van der Waals surface area contributed by atoms with Crippen LogP contribution in [-0.2, 0) is 5.75 Å². The van der Waals surface area contributed by atoms with Crippen LogP contribution in [-0.4, -0.2) is 5.17 Å². The summed E-state index contributed by atoms with van der Waals surface area (Å²) in [6, 6.07) is 14.9. The smallest absolute Gasteiger partial charge is 0.193 e. The Labute approximate surface area is 154 Å². The van der Waals surface area contributed by atoms with Crippen molar-refractivity contribution in [3.63, 3.8) is 0 Å². The largest absolute Gasteiger partial charge is 0.455 e. The first-order valence-electron chi connectivity index (χ1n) is 7.14. The van der Waals surface area contributed by atoms with Crippen molar-refractivity contribution in [2.75, 3.05) is 0 Å². The van der Waals surface area contributed by atoms with Crippen LogP contribution >= 0.6 is 28.7 Å². The third-order valence-electron chi connectivity index (χ3n) is 3.49. The molecule has 3 rings (SSSR count). The van der Waals surface area contributed by atoms with Gasteiger partial charge in [0.25, 0.3) is 0 Å². The summed E-state index contributed by atoms with van der Waals surface area (Å²) in [5.41, 5.74) is 8.64. The molecule has 4 nitrogen and oxygen atoms in total. The minimum Gasteiger partial charge on any atom is -0.455 e. The summed E-state index contributed by atoms with van der Waals surface area (Å²) in [5, 5.41) is 7.97. The highest BCUT2D eigenvalue weighted by molar-refractivity contribution is 8.93. The molecule has 0 fully saturated rings. The standard InChI is InChI=1S/C18H16N2O2S.BrH/c1-11-7-13(10-23-18(19)20)17-14(8-11)15(21)9-16(22-17)12-5-3-2-4-6-12;/h2-9H,10H2,1H3,(H3,19,20);1H. The normalized spacial score (nSPS) is 10.4. The van der Waals surface area contributed by atoms with Crippen LogP contribution in [0.2, 0.25) is 0 Å². The average Bonchev–Trinajstić information content (AvgIpc) is 2.54. The van der Waals surface area contributed by atoms with E-state index in [0.717, 1.165) is 16.7 Å². The van der Waals surface area contributed by atoms with Crippen LogP contribution in [0.25, 0.3) is 22.3 Å². The molecule has 0 aliphatic heterocycles. The van der Waals surface area contributed by atoms with Crippen molar-refractivity contribution in [2.45, 2.75) is 12.7 Å². The third-order valence-corrected chi connectivity index (χ3v) is 4.26. The summed E-state index contributed by atoms with van der Waals surface area (Å²) in [6.45, 7) is 1.94. The first-order chi connectivity index (χ1) is 11.0. The number of rotatable bonds is 3. The zero-order valence-corrected chi connectivity index (χ0v) is 15.6. The molecule has 0 amide bonds. The van der Waals surface area contributed by atoms with Crippen molar-refractivity contribution in [3.05, 3.63) is 69.9 Å². The first kappa shape index (κ1) is 18.3. The SMILES string of the molecule is Br.Cc1cc(CSC(=N)N)c2oc(-c3ccccc3)cc(=O)c2c1. The van der Waals surface area contributed by atoms with Crippen molar-refractivity contribution in [1.82, 2.24) is 0 Å². The van der Waals surface area contributed by atoms with Gasteiger partial charge in [-0.2, -0.15) is 0 Å². The van der Waals surface area contributed by atoms with Crippen LogP contribution in [0.3, 0.4) is 0 Å². The summed E-state index contributed by atoms with van der Waals surface area (Å²) >= 11 is 1.21. The lowest BCUT2D eigenvalue weighted by Crippen LogP contribution is -2.06. The number of hydrogen-bond donors (Lipinski definition) is 2. The van der Waals surface area contributed by atoms with Crippen molar-refractivity contribution in [1.29, 1.82) is 5.41 Å². The number of aryl methyl sites for hydroxylation is 1. The second-order valence-electron chi connectivity index (χ2n) is 5.29. The highest BCUT2D eigenvalue weighted by Crippen LogP contribution is 2.27.